The molecule has 0 radical (unpaired) electrons. The Bertz CT molecular complexity index is 977. The zero-order chi connectivity index (χ0) is 16.0. The molecule has 1 aromatic carbocycles. The average molecular weight is 368 g/mol. The van der Waals surface area contributed by atoms with Crippen LogP contribution in [-0.4, -0.2) is 26.9 Å². The summed E-state index contributed by atoms with van der Waals surface area (Å²) in [6, 6.07) is 2.74. The Hall–Kier alpha value is -2.22. The minimum atomic E-state index is -0.600. The van der Waals surface area contributed by atoms with Crippen molar-refractivity contribution in [2.75, 3.05) is 6.61 Å². The molecule has 0 aliphatic carbocycles. The molecule has 0 saturated heterocycles. The molecule has 0 atom stereocenters. The number of carbonyl (C=O) groups excluding carboxylic acids is 1. The summed E-state index contributed by atoms with van der Waals surface area (Å²) in [4.78, 5) is 30.7. The van der Waals surface area contributed by atoms with Crippen molar-refractivity contribution < 1.29 is 13.9 Å². The molecule has 0 amide bonds. The Kier molecular flexibility index (Phi) is 3.48. The number of nitrogens with zero attached hydrogens (tertiary/aromatic N) is 2. The smallest absolute Gasteiger partial charge is 0.358 e. The van der Waals surface area contributed by atoms with Crippen LogP contribution in [0.15, 0.2) is 21.4 Å². The summed E-state index contributed by atoms with van der Waals surface area (Å²) in [6.45, 7) is 3.55. The molecule has 6 nitrogen and oxygen atoms in total. The fourth-order valence-corrected chi connectivity index (χ4v) is 2.67. The lowest BCUT2D eigenvalue weighted by molar-refractivity contribution is 0.0519. The summed E-state index contributed by atoms with van der Waals surface area (Å²) in [7, 11) is 0. The quantitative estimate of drug-likeness (QED) is 0.706. The summed E-state index contributed by atoms with van der Waals surface area (Å²) in [5, 5.41) is 0. The minimum absolute atomic E-state index is 0.0616. The number of aromatic amines is 1. The molecular weight excluding hydrogens is 357 g/mol. The zero-order valence-electron chi connectivity index (χ0n) is 11.7. The number of ether oxygens (including phenoxy) is 1. The third-order valence-corrected chi connectivity index (χ3v) is 3.91. The van der Waals surface area contributed by atoms with Crippen LogP contribution in [0.3, 0.4) is 0 Å². The van der Waals surface area contributed by atoms with E-state index in [1.54, 1.807) is 13.8 Å². The van der Waals surface area contributed by atoms with Crippen molar-refractivity contribution in [1.82, 2.24) is 14.4 Å². The third kappa shape index (κ3) is 2.10. The van der Waals surface area contributed by atoms with Crippen molar-refractivity contribution in [2.45, 2.75) is 13.8 Å². The van der Waals surface area contributed by atoms with Crippen molar-refractivity contribution in [1.29, 1.82) is 0 Å². The second-order valence-electron chi connectivity index (χ2n) is 4.66. The summed E-state index contributed by atoms with van der Waals surface area (Å²) >= 11 is 3.11. The Morgan fingerprint density at radius 1 is 1.50 bits per heavy atom. The van der Waals surface area contributed by atoms with Crippen LogP contribution in [0.5, 0.6) is 0 Å². The molecule has 0 spiro atoms. The Morgan fingerprint density at radius 2 is 2.23 bits per heavy atom. The number of carbonyl (C=O) groups is 1. The number of esters is 1. The SMILES string of the molecule is CCOC(=O)c1nc2c(=O)[nH]c3cc(F)c(Br)cc3n2c1C. The van der Waals surface area contributed by atoms with E-state index in [0.717, 1.165) is 0 Å². The second-order valence-corrected chi connectivity index (χ2v) is 5.52. The number of aryl methyl sites for hydroxylation is 1. The first-order valence-electron chi connectivity index (χ1n) is 6.51. The predicted molar refractivity (Wildman–Crippen MR) is 81.7 cm³/mol. The number of hydrogen-bond donors (Lipinski definition) is 1. The highest BCUT2D eigenvalue weighted by molar-refractivity contribution is 9.10. The number of aromatic nitrogens is 3. The number of fused-ring (bicyclic) bond motifs is 3. The highest BCUT2D eigenvalue weighted by Gasteiger charge is 2.20. The van der Waals surface area contributed by atoms with Crippen LogP contribution in [-0.2, 0) is 4.74 Å². The van der Waals surface area contributed by atoms with Gasteiger partial charge in [0.05, 0.1) is 27.8 Å². The molecule has 114 valence electrons. The van der Waals surface area contributed by atoms with Gasteiger partial charge >= 0.3 is 5.97 Å². The highest BCUT2D eigenvalue weighted by Crippen LogP contribution is 2.23. The molecule has 0 aliphatic heterocycles. The maximum absolute atomic E-state index is 13.6. The lowest BCUT2D eigenvalue weighted by Crippen LogP contribution is -2.11. The number of halogens is 2. The van der Waals surface area contributed by atoms with E-state index >= 15 is 0 Å². The van der Waals surface area contributed by atoms with Gasteiger partial charge in [0.15, 0.2) is 5.69 Å². The first-order valence-corrected chi connectivity index (χ1v) is 7.30. The normalized spacial score (nSPS) is 11.3. The molecule has 0 aliphatic rings. The van der Waals surface area contributed by atoms with E-state index in [1.807, 2.05) is 0 Å². The Labute approximate surface area is 132 Å². The molecule has 3 aromatic rings. The van der Waals surface area contributed by atoms with Crippen LogP contribution < -0.4 is 5.56 Å². The van der Waals surface area contributed by atoms with Gasteiger partial charge in [-0.3, -0.25) is 9.20 Å². The van der Waals surface area contributed by atoms with Gasteiger partial charge in [-0.05, 0) is 35.8 Å². The Morgan fingerprint density at radius 3 is 2.91 bits per heavy atom. The van der Waals surface area contributed by atoms with Crippen molar-refractivity contribution in [3.63, 3.8) is 0 Å². The first kappa shape index (κ1) is 14.7. The zero-order valence-corrected chi connectivity index (χ0v) is 13.3. The monoisotopic (exact) mass is 367 g/mol. The molecule has 2 heterocycles. The van der Waals surface area contributed by atoms with Crippen LogP contribution in [0.4, 0.5) is 4.39 Å². The van der Waals surface area contributed by atoms with E-state index < -0.39 is 17.3 Å². The van der Waals surface area contributed by atoms with Crippen molar-refractivity contribution in [2.24, 2.45) is 0 Å². The van der Waals surface area contributed by atoms with Gasteiger partial charge < -0.3 is 9.72 Å². The number of benzene rings is 1. The summed E-state index contributed by atoms with van der Waals surface area (Å²) in [6.07, 6.45) is 0. The number of nitrogens with one attached hydrogen (secondary N) is 1. The topological polar surface area (TPSA) is 76.5 Å². The molecular formula is C14H11BrFN3O3. The molecule has 8 heteroatoms. The van der Waals surface area contributed by atoms with Gasteiger partial charge in [0.25, 0.3) is 5.56 Å². The molecule has 0 saturated carbocycles. The van der Waals surface area contributed by atoms with Gasteiger partial charge in [-0.2, -0.15) is 0 Å². The maximum Gasteiger partial charge on any atom is 0.358 e. The van der Waals surface area contributed by atoms with Crippen LogP contribution in [0, 0.1) is 12.7 Å². The van der Waals surface area contributed by atoms with E-state index in [2.05, 4.69) is 25.9 Å². The number of imidazole rings is 1. The number of H-pyrrole nitrogens is 1. The summed E-state index contributed by atoms with van der Waals surface area (Å²) in [5.74, 6) is -1.09. The molecule has 2 aromatic heterocycles. The average Bonchev–Trinajstić information content (AvgIpc) is 2.81. The van der Waals surface area contributed by atoms with Gasteiger partial charge in [-0.1, -0.05) is 0 Å². The van der Waals surface area contributed by atoms with Crippen LogP contribution >= 0.6 is 15.9 Å². The second kappa shape index (κ2) is 5.20. The highest BCUT2D eigenvalue weighted by atomic mass is 79.9. The largest absolute Gasteiger partial charge is 0.461 e. The minimum Gasteiger partial charge on any atom is -0.461 e. The van der Waals surface area contributed by atoms with Crippen LogP contribution in [0.2, 0.25) is 0 Å². The van der Waals surface area contributed by atoms with Gasteiger partial charge in [-0.25, -0.2) is 14.2 Å². The summed E-state index contributed by atoms with van der Waals surface area (Å²) in [5.41, 5.74) is 0.931. The summed E-state index contributed by atoms with van der Waals surface area (Å²) < 4.78 is 20.4. The molecule has 0 bridgehead atoms. The van der Waals surface area contributed by atoms with Crippen LogP contribution in [0.25, 0.3) is 16.7 Å². The van der Waals surface area contributed by atoms with Gasteiger partial charge in [0.1, 0.15) is 5.82 Å². The van der Waals surface area contributed by atoms with E-state index in [9.17, 15) is 14.0 Å². The van der Waals surface area contributed by atoms with Gasteiger partial charge in [0, 0.05) is 6.07 Å². The number of hydrogen-bond acceptors (Lipinski definition) is 4. The van der Waals surface area contributed by atoms with Gasteiger partial charge in [0.2, 0.25) is 5.65 Å². The lowest BCUT2D eigenvalue weighted by Gasteiger charge is -2.05. The first-order chi connectivity index (χ1) is 10.4. The van der Waals surface area contributed by atoms with E-state index in [0.29, 0.717) is 16.7 Å². The fraction of sp³-hybridized carbons (Fsp3) is 0.214. The van der Waals surface area contributed by atoms with Gasteiger partial charge in [-0.15, -0.1) is 0 Å². The molecule has 3 rings (SSSR count). The van der Waals surface area contributed by atoms with Crippen molar-refractivity contribution in [3.05, 3.63) is 44.2 Å². The van der Waals surface area contributed by atoms with Crippen LogP contribution in [0.1, 0.15) is 23.1 Å². The third-order valence-electron chi connectivity index (χ3n) is 3.31. The Balaban J connectivity index is 2.44. The fourth-order valence-electron chi connectivity index (χ4n) is 2.34. The van der Waals surface area contributed by atoms with E-state index in [-0.39, 0.29) is 22.4 Å². The van der Waals surface area contributed by atoms with Crippen molar-refractivity contribution in [3.8, 4) is 0 Å². The molecule has 1 N–H and O–H groups in total. The lowest BCUT2D eigenvalue weighted by atomic mass is 10.2. The standard InChI is InChI=1S/C14H11BrFN3O3/c1-3-22-14(21)11-6(2)19-10-4-7(15)8(16)5-9(10)17-13(20)12(19)18-11/h4-5H,3H2,1-2H3,(H,17,20). The van der Waals surface area contributed by atoms with Crippen molar-refractivity contribution >= 4 is 38.6 Å². The molecule has 0 unspecified atom stereocenters. The van der Waals surface area contributed by atoms with E-state index in [4.69, 9.17) is 4.74 Å². The maximum atomic E-state index is 13.6. The molecule has 22 heavy (non-hydrogen) atoms. The van der Waals surface area contributed by atoms with E-state index in [1.165, 1.54) is 16.5 Å². The predicted octanol–water partition coefficient (Wildman–Crippen LogP) is 2.56. The number of rotatable bonds is 2. The molecule has 0 fully saturated rings.